The van der Waals surface area contributed by atoms with E-state index in [4.69, 9.17) is 14.5 Å². The van der Waals surface area contributed by atoms with Crippen molar-refractivity contribution in [3.05, 3.63) is 89.5 Å². The van der Waals surface area contributed by atoms with E-state index in [1.165, 1.54) is 5.56 Å². The number of rotatable bonds is 7. The zero-order valence-electron chi connectivity index (χ0n) is 21.8. The number of fused-ring (bicyclic) bond motifs is 1. The van der Waals surface area contributed by atoms with Gasteiger partial charge in [-0.1, -0.05) is 42.0 Å². The van der Waals surface area contributed by atoms with Crippen molar-refractivity contribution < 1.29 is 19.2 Å². The van der Waals surface area contributed by atoms with Crippen LogP contribution < -0.4 is 14.4 Å². The van der Waals surface area contributed by atoms with E-state index in [1.807, 2.05) is 48.2 Å². The van der Waals surface area contributed by atoms with Gasteiger partial charge in [-0.15, -0.1) is 0 Å². The van der Waals surface area contributed by atoms with Gasteiger partial charge in [-0.05, 0) is 48.9 Å². The quantitative estimate of drug-likeness (QED) is 0.423. The van der Waals surface area contributed by atoms with Gasteiger partial charge in [0.2, 0.25) is 0 Å². The molecule has 6 nitrogen and oxygen atoms in total. The summed E-state index contributed by atoms with van der Waals surface area (Å²) in [6, 6.07) is 24.2. The first-order chi connectivity index (χ1) is 18.1. The average Bonchev–Trinajstić information content (AvgIpc) is 2.95. The van der Waals surface area contributed by atoms with Gasteiger partial charge in [0, 0.05) is 17.4 Å². The van der Waals surface area contributed by atoms with Crippen LogP contribution in [0.2, 0.25) is 0 Å². The molecule has 2 heterocycles. The monoisotopic (exact) mass is 496 g/mol. The number of nitrogens with zero attached hydrogens (tertiary/aromatic N) is 2. The minimum atomic E-state index is 0.0585. The molecule has 0 spiro atoms. The smallest absolute Gasteiger partial charge is 0.255 e. The lowest BCUT2D eigenvalue weighted by molar-refractivity contribution is -0.903. The highest BCUT2D eigenvalue weighted by atomic mass is 16.5. The van der Waals surface area contributed by atoms with Crippen LogP contribution in [0.3, 0.4) is 0 Å². The Morgan fingerprint density at radius 2 is 1.73 bits per heavy atom. The predicted molar refractivity (Wildman–Crippen MR) is 147 cm³/mol. The Morgan fingerprint density at radius 3 is 2.46 bits per heavy atom. The lowest BCUT2D eigenvalue weighted by atomic mass is 10.0. The number of quaternary nitrogens is 1. The number of methoxy groups -OCH3 is 2. The maximum absolute atomic E-state index is 13.9. The summed E-state index contributed by atoms with van der Waals surface area (Å²) >= 11 is 0. The molecule has 1 amide bonds. The number of carbonyl (C=O) groups is 1. The minimum Gasteiger partial charge on any atom is -0.497 e. The topological polar surface area (TPSA) is 56.1 Å². The number of benzene rings is 3. The molecule has 0 aliphatic carbocycles. The van der Waals surface area contributed by atoms with Gasteiger partial charge < -0.3 is 19.3 Å². The number of pyridine rings is 1. The minimum absolute atomic E-state index is 0.0585. The molecule has 6 heteroatoms. The van der Waals surface area contributed by atoms with Crippen LogP contribution in [0.25, 0.3) is 22.2 Å². The van der Waals surface area contributed by atoms with Crippen LogP contribution in [-0.4, -0.2) is 62.7 Å². The second-order valence-electron chi connectivity index (χ2n) is 9.67. The molecule has 1 aromatic heterocycles. The third-order valence-electron chi connectivity index (χ3n) is 7.25. The van der Waals surface area contributed by atoms with Crippen LogP contribution in [0.15, 0.2) is 72.8 Å². The zero-order chi connectivity index (χ0) is 25.8. The Bertz CT molecular complexity index is 1400. The summed E-state index contributed by atoms with van der Waals surface area (Å²) in [6.45, 7) is 6.53. The molecule has 0 saturated carbocycles. The normalized spacial score (nSPS) is 14.1. The molecular weight excluding hydrogens is 462 g/mol. The van der Waals surface area contributed by atoms with E-state index in [2.05, 4.69) is 36.4 Å². The number of nitrogens with one attached hydrogen (secondary N) is 1. The second-order valence-corrected chi connectivity index (χ2v) is 9.67. The number of hydrogen-bond donors (Lipinski definition) is 1. The lowest BCUT2D eigenvalue weighted by Gasteiger charge is -2.32. The molecule has 3 aromatic carbocycles. The Hall–Kier alpha value is -3.90. The van der Waals surface area contributed by atoms with Crippen molar-refractivity contribution in [2.75, 3.05) is 46.9 Å². The lowest BCUT2D eigenvalue weighted by Crippen LogP contribution is -3.15. The van der Waals surface area contributed by atoms with Crippen molar-refractivity contribution in [1.82, 2.24) is 9.88 Å². The maximum atomic E-state index is 13.9. The van der Waals surface area contributed by atoms with Crippen LogP contribution in [0, 0.1) is 6.92 Å². The molecule has 4 aromatic rings. The summed E-state index contributed by atoms with van der Waals surface area (Å²) in [6.07, 6.45) is 1.06. The van der Waals surface area contributed by atoms with E-state index in [-0.39, 0.29) is 5.91 Å². The van der Waals surface area contributed by atoms with Crippen LogP contribution >= 0.6 is 0 Å². The molecule has 190 valence electrons. The summed E-state index contributed by atoms with van der Waals surface area (Å²) in [5.74, 6) is 1.46. The summed E-state index contributed by atoms with van der Waals surface area (Å²) in [5.41, 5.74) is 5.44. The number of carbonyl (C=O) groups excluding carboxylic acids is 1. The fourth-order valence-electron chi connectivity index (χ4n) is 5.08. The Balaban J connectivity index is 1.41. The van der Waals surface area contributed by atoms with Crippen molar-refractivity contribution in [2.24, 2.45) is 0 Å². The van der Waals surface area contributed by atoms with Gasteiger partial charge in [0.15, 0.2) is 0 Å². The highest BCUT2D eigenvalue weighted by molar-refractivity contribution is 6.07. The van der Waals surface area contributed by atoms with Gasteiger partial charge in [-0.3, -0.25) is 4.79 Å². The molecule has 0 unspecified atom stereocenters. The first kappa shape index (κ1) is 24.8. The summed E-state index contributed by atoms with van der Waals surface area (Å²) in [5, 5.41) is 0.884. The number of piperazine rings is 1. The van der Waals surface area contributed by atoms with Crippen molar-refractivity contribution in [1.29, 1.82) is 0 Å². The second kappa shape index (κ2) is 11.0. The third kappa shape index (κ3) is 5.44. The van der Waals surface area contributed by atoms with Gasteiger partial charge in [-0.25, -0.2) is 4.98 Å². The molecule has 1 N–H and O–H groups in total. The van der Waals surface area contributed by atoms with E-state index in [0.29, 0.717) is 22.8 Å². The average molecular weight is 497 g/mol. The van der Waals surface area contributed by atoms with E-state index < -0.39 is 0 Å². The Morgan fingerprint density at radius 1 is 0.946 bits per heavy atom. The largest absolute Gasteiger partial charge is 0.497 e. The third-order valence-corrected chi connectivity index (χ3v) is 7.25. The number of aryl methyl sites for hydroxylation is 1. The molecule has 5 rings (SSSR count). The highest BCUT2D eigenvalue weighted by Gasteiger charge is 2.26. The number of amides is 1. The van der Waals surface area contributed by atoms with Crippen LogP contribution in [-0.2, 0) is 6.42 Å². The van der Waals surface area contributed by atoms with Crippen LogP contribution in [0.4, 0.5) is 0 Å². The fraction of sp³-hybridized carbons (Fsp3) is 0.290. The highest BCUT2D eigenvalue weighted by Crippen LogP contribution is 2.35. The first-order valence-corrected chi connectivity index (χ1v) is 12.9. The van der Waals surface area contributed by atoms with Gasteiger partial charge in [-0.2, -0.15) is 0 Å². The van der Waals surface area contributed by atoms with Gasteiger partial charge in [0.1, 0.15) is 11.5 Å². The SMILES string of the molecule is COc1ccc(OC)c(-c2cc(C(=O)N3CC[NH+](CCc4ccccc4)CC3)c3cc(C)ccc3n2)c1. The Kier molecular flexibility index (Phi) is 7.37. The van der Waals surface area contributed by atoms with Crippen molar-refractivity contribution in [3.8, 4) is 22.8 Å². The van der Waals surface area contributed by atoms with Crippen molar-refractivity contribution in [2.45, 2.75) is 13.3 Å². The maximum Gasteiger partial charge on any atom is 0.255 e. The number of hydrogen-bond acceptors (Lipinski definition) is 4. The van der Waals surface area contributed by atoms with Crippen LogP contribution in [0.1, 0.15) is 21.5 Å². The van der Waals surface area contributed by atoms with Gasteiger partial charge >= 0.3 is 0 Å². The molecule has 1 fully saturated rings. The Labute approximate surface area is 218 Å². The summed E-state index contributed by atoms with van der Waals surface area (Å²) < 4.78 is 11.1. The molecule has 0 bridgehead atoms. The van der Waals surface area contributed by atoms with Crippen LogP contribution in [0.5, 0.6) is 11.5 Å². The number of ether oxygens (including phenoxy) is 2. The van der Waals surface area contributed by atoms with E-state index in [0.717, 1.165) is 61.2 Å². The standard InChI is InChI=1S/C31H33N3O3/c1-22-9-11-28-25(19-22)26(21-29(32-28)27-20-24(36-2)10-12-30(27)37-3)31(35)34-17-15-33(16-18-34)14-13-23-7-5-4-6-8-23/h4-12,19-21H,13-18H2,1-3H3/p+1. The molecule has 1 aliphatic rings. The summed E-state index contributed by atoms with van der Waals surface area (Å²) in [4.78, 5) is 22.4. The molecule has 1 saturated heterocycles. The molecule has 0 radical (unpaired) electrons. The molecule has 37 heavy (non-hydrogen) atoms. The van der Waals surface area contributed by atoms with E-state index in [1.54, 1.807) is 19.1 Å². The van der Waals surface area contributed by atoms with E-state index >= 15 is 0 Å². The van der Waals surface area contributed by atoms with Crippen molar-refractivity contribution >= 4 is 16.8 Å². The van der Waals surface area contributed by atoms with Crippen molar-refractivity contribution in [3.63, 3.8) is 0 Å². The fourth-order valence-corrected chi connectivity index (χ4v) is 5.08. The molecular formula is C31H34N3O3+. The number of aromatic nitrogens is 1. The summed E-state index contributed by atoms with van der Waals surface area (Å²) in [7, 11) is 3.28. The zero-order valence-corrected chi connectivity index (χ0v) is 21.8. The van der Waals surface area contributed by atoms with Gasteiger partial charge in [0.25, 0.3) is 5.91 Å². The van der Waals surface area contributed by atoms with E-state index in [9.17, 15) is 4.79 Å². The van der Waals surface area contributed by atoms with Gasteiger partial charge in [0.05, 0.1) is 63.7 Å². The molecule has 1 aliphatic heterocycles. The predicted octanol–water partition coefficient (Wildman–Crippen LogP) is 3.81. The molecule has 0 atom stereocenters. The first-order valence-electron chi connectivity index (χ1n) is 12.9.